The van der Waals surface area contributed by atoms with Gasteiger partial charge in [-0.15, -0.1) is 0 Å². The fraction of sp³-hybridized carbons (Fsp3) is 0.188. The third kappa shape index (κ3) is 3.59. The van der Waals surface area contributed by atoms with E-state index in [0.717, 1.165) is 24.4 Å². The van der Waals surface area contributed by atoms with Crippen LogP contribution in [0.15, 0.2) is 48.5 Å². The minimum atomic E-state index is -0.441. The number of rotatable bonds is 6. The van der Waals surface area contributed by atoms with E-state index in [1.54, 1.807) is 24.3 Å². The fourth-order valence-electron chi connectivity index (χ4n) is 1.82. The van der Waals surface area contributed by atoms with E-state index >= 15 is 0 Å². The van der Waals surface area contributed by atoms with Gasteiger partial charge in [0, 0.05) is 17.7 Å². The molecule has 1 amide bonds. The van der Waals surface area contributed by atoms with E-state index in [9.17, 15) is 4.79 Å². The van der Waals surface area contributed by atoms with Crippen molar-refractivity contribution in [2.75, 3.05) is 6.54 Å². The molecule has 0 unspecified atom stereocenters. The normalized spacial score (nSPS) is 10.2. The van der Waals surface area contributed by atoms with Gasteiger partial charge in [-0.3, -0.25) is 4.79 Å². The number of hydrogen-bond donors (Lipinski definition) is 2. The Morgan fingerprint density at radius 1 is 1.15 bits per heavy atom. The van der Waals surface area contributed by atoms with E-state index < -0.39 is 5.91 Å². The lowest BCUT2D eigenvalue weighted by molar-refractivity contribution is 0.100. The number of primary amides is 1. The smallest absolute Gasteiger partial charge is 0.248 e. The lowest BCUT2D eigenvalue weighted by Gasteiger charge is -2.11. The Labute approximate surface area is 118 Å². The minimum absolute atomic E-state index is 0.441. The van der Waals surface area contributed by atoms with Crippen LogP contribution in [0.4, 0.5) is 0 Å². The molecule has 4 heteroatoms. The summed E-state index contributed by atoms with van der Waals surface area (Å²) in [6.45, 7) is 3.72. The van der Waals surface area contributed by atoms with Gasteiger partial charge in [-0.25, -0.2) is 0 Å². The van der Waals surface area contributed by atoms with Crippen molar-refractivity contribution in [1.29, 1.82) is 0 Å². The summed E-state index contributed by atoms with van der Waals surface area (Å²) in [6, 6.07) is 14.7. The van der Waals surface area contributed by atoms with Gasteiger partial charge in [0.05, 0.1) is 0 Å². The van der Waals surface area contributed by atoms with E-state index in [2.05, 4.69) is 12.2 Å². The van der Waals surface area contributed by atoms with Gasteiger partial charge in [0.2, 0.25) is 5.91 Å². The van der Waals surface area contributed by atoms with Crippen molar-refractivity contribution in [3.05, 3.63) is 59.7 Å². The molecule has 0 aliphatic rings. The highest BCUT2D eigenvalue weighted by molar-refractivity contribution is 5.92. The van der Waals surface area contributed by atoms with Crippen molar-refractivity contribution in [2.24, 2.45) is 5.73 Å². The number of nitrogens with two attached hydrogens (primary N) is 1. The summed E-state index contributed by atoms with van der Waals surface area (Å²) in [4.78, 5) is 11.0. The summed E-state index contributed by atoms with van der Waals surface area (Å²) >= 11 is 0. The van der Waals surface area contributed by atoms with Crippen molar-refractivity contribution in [1.82, 2.24) is 5.32 Å². The van der Waals surface area contributed by atoms with Crippen molar-refractivity contribution in [3.63, 3.8) is 0 Å². The Bertz CT molecular complexity index is 579. The third-order valence-electron chi connectivity index (χ3n) is 2.90. The molecule has 3 N–H and O–H groups in total. The lowest BCUT2D eigenvalue weighted by atomic mass is 10.2. The largest absolute Gasteiger partial charge is 0.457 e. The minimum Gasteiger partial charge on any atom is -0.457 e. The Balaban J connectivity index is 2.14. The van der Waals surface area contributed by atoms with Crippen LogP contribution in [0.3, 0.4) is 0 Å². The maximum atomic E-state index is 11.0. The first-order valence-corrected chi connectivity index (χ1v) is 6.57. The number of carbonyl (C=O) groups is 1. The zero-order chi connectivity index (χ0) is 14.4. The van der Waals surface area contributed by atoms with Crippen LogP contribution in [0.25, 0.3) is 0 Å². The van der Waals surface area contributed by atoms with E-state index in [-0.39, 0.29) is 0 Å². The van der Waals surface area contributed by atoms with Crippen molar-refractivity contribution < 1.29 is 9.53 Å². The first kappa shape index (κ1) is 14.1. The summed E-state index contributed by atoms with van der Waals surface area (Å²) in [5.41, 5.74) is 6.77. The van der Waals surface area contributed by atoms with Gasteiger partial charge in [-0.05, 0) is 36.9 Å². The average Bonchev–Trinajstić information content (AvgIpc) is 2.47. The zero-order valence-corrected chi connectivity index (χ0v) is 11.4. The molecule has 0 radical (unpaired) electrons. The third-order valence-corrected chi connectivity index (χ3v) is 2.90. The molecular weight excluding hydrogens is 252 g/mol. The van der Waals surface area contributed by atoms with Crippen LogP contribution in [-0.4, -0.2) is 12.5 Å². The van der Waals surface area contributed by atoms with Gasteiger partial charge in [-0.2, -0.15) is 0 Å². The molecule has 0 atom stereocenters. The van der Waals surface area contributed by atoms with Gasteiger partial charge in [-0.1, -0.05) is 25.1 Å². The first-order valence-electron chi connectivity index (χ1n) is 6.57. The fourth-order valence-corrected chi connectivity index (χ4v) is 1.82. The summed E-state index contributed by atoms with van der Waals surface area (Å²) in [5, 5.41) is 3.27. The summed E-state index contributed by atoms with van der Waals surface area (Å²) in [6.07, 6.45) is 0. The van der Waals surface area contributed by atoms with Crippen LogP contribution < -0.4 is 15.8 Å². The van der Waals surface area contributed by atoms with Crippen LogP contribution in [0.1, 0.15) is 22.8 Å². The number of carbonyl (C=O) groups excluding carboxylic acids is 1. The highest BCUT2D eigenvalue weighted by Crippen LogP contribution is 2.25. The number of ether oxygens (including phenoxy) is 1. The Morgan fingerprint density at radius 2 is 1.85 bits per heavy atom. The topological polar surface area (TPSA) is 64.3 Å². The van der Waals surface area contributed by atoms with Crippen molar-refractivity contribution in [3.8, 4) is 11.5 Å². The van der Waals surface area contributed by atoms with Gasteiger partial charge in [0.25, 0.3) is 0 Å². The van der Waals surface area contributed by atoms with Crippen LogP contribution >= 0.6 is 0 Å². The highest BCUT2D eigenvalue weighted by atomic mass is 16.5. The molecule has 0 spiro atoms. The predicted octanol–water partition coefficient (Wildman–Crippen LogP) is 2.69. The predicted molar refractivity (Wildman–Crippen MR) is 78.9 cm³/mol. The standard InChI is InChI=1S/C16H18N2O2/c1-2-18-11-13-5-3-4-6-15(13)20-14-9-7-12(8-10-14)16(17)19/h3-10,18H,2,11H2,1H3,(H2,17,19). The average molecular weight is 270 g/mol. The second-order valence-electron chi connectivity index (χ2n) is 4.38. The van der Waals surface area contributed by atoms with Gasteiger partial charge in [0.1, 0.15) is 11.5 Å². The van der Waals surface area contributed by atoms with E-state index in [0.29, 0.717) is 11.3 Å². The van der Waals surface area contributed by atoms with Gasteiger partial charge >= 0.3 is 0 Å². The van der Waals surface area contributed by atoms with E-state index in [4.69, 9.17) is 10.5 Å². The first-order chi connectivity index (χ1) is 9.70. The quantitative estimate of drug-likeness (QED) is 0.848. The van der Waals surface area contributed by atoms with Crippen LogP contribution in [0, 0.1) is 0 Å². The number of benzene rings is 2. The Kier molecular flexibility index (Phi) is 4.74. The number of para-hydroxylation sites is 1. The zero-order valence-electron chi connectivity index (χ0n) is 11.4. The van der Waals surface area contributed by atoms with E-state index in [1.165, 1.54) is 0 Å². The molecule has 4 nitrogen and oxygen atoms in total. The molecule has 20 heavy (non-hydrogen) atoms. The van der Waals surface area contributed by atoms with Crippen molar-refractivity contribution in [2.45, 2.75) is 13.5 Å². The summed E-state index contributed by atoms with van der Waals surface area (Å²) < 4.78 is 5.85. The second kappa shape index (κ2) is 6.73. The molecule has 0 aromatic heterocycles. The van der Waals surface area contributed by atoms with Crippen LogP contribution in [0.2, 0.25) is 0 Å². The van der Waals surface area contributed by atoms with Gasteiger partial charge in [0.15, 0.2) is 0 Å². The molecule has 104 valence electrons. The summed E-state index contributed by atoms with van der Waals surface area (Å²) in [7, 11) is 0. The van der Waals surface area contributed by atoms with Crippen LogP contribution in [0.5, 0.6) is 11.5 Å². The van der Waals surface area contributed by atoms with Gasteiger partial charge < -0.3 is 15.8 Å². The molecule has 0 bridgehead atoms. The Morgan fingerprint density at radius 3 is 2.50 bits per heavy atom. The number of amides is 1. The molecule has 0 heterocycles. The molecule has 2 aromatic carbocycles. The molecule has 0 aliphatic heterocycles. The van der Waals surface area contributed by atoms with Crippen molar-refractivity contribution >= 4 is 5.91 Å². The maximum absolute atomic E-state index is 11.0. The number of hydrogen-bond acceptors (Lipinski definition) is 3. The SMILES string of the molecule is CCNCc1ccccc1Oc1ccc(C(N)=O)cc1. The molecule has 0 saturated heterocycles. The molecule has 0 saturated carbocycles. The summed E-state index contributed by atoms with van der Waals surface area (Å²) in [5.74, 6) is 1.04. The molecular formula is C16H18N2O2. The molecule has 0 fully saturated rings. The molecule has 0 aliphatic carbocycles. The maximum Gasteiger partial charge on any atom is 0.248 e. The van der Waals surface area contributed by atoms with Crippen LogP contribution in [-0.2, 0) is 6.54 Å². The van der Waals surface area contributed by atoms with E-state index in [1.807, 2.05) is 24.3 Å². The lowest BCUT2D eigenvalue weighted by Crippen LogP contribution is -2.12. The second-order valence-corrected chi connectivity index (χ2v) is 4.38. The number of nitrogens with one attached hydrogen (secondary N) is 1. The monoisotopic (exact) mass is 270 g/mol. The molecule has 2 rings (SSSR count). The highest BCUT2D eigenvalue weighted by Gasteiger charge is 2.05. The molecule has 2 aromatic rings. The Hall–Kier alpha value is -2.33.